The monoisotopic (exact) mass is 396 g/mol. The number of rotatable bonds is 3. The maximum atomic E-state index is 13.4. The molecule has 6 heteroatoms. The average molecular weight is 396 g/mol. The molecule has 1 saturated heterocycles. The second kappa shape index (κ2) is 5.36. The van der Waals surface area contributed by atoms with Crippen LogP contribution >= 0.6 is 0 Å². The van der Waals surface area contributed by atoms with Crippen molar-refractivity contribution >= 4 is 18.0 Å². The second-order valence-corrected chi connectivity index (χ2v) is 8.77. The maximum absolute atomic E-state index is 13.4. The Morgan fingerprint density at radius 2 is 1.52 bits per heavy atom. The summed E-state index contributed by atoms with van der Waals surface area (Å²) in [6.45, 7) is 0. The molecule has 29 heavy (non-hydrogen) atoms. The van der Waals surface area contributed by atoms with E-state index in [2.05, 4.69) is 0 Å². The molecule has 5 aliphatic rings. The van der Waals surface area contributed by atoms with Gasteiger partial charge in [-0.05, 0) is 54.4 Å². The van der Waals surface area contributed by atoms with Crippen molar-refractivity contribution in [1.29, 1.82) is 0 Å². The molecule has 4 fully saturated rings. The van der Waals surface area contributed by atoms with Gasteiger partial charge in [0, 0.05) is 11.8 Å². The van der Waals surface area contributed by atoms with Crippen LogP contribution in [0, 0.1) is 29.5 Å². The zero-order valence-corrected chi connectivity index (χ0v) is 16.2. The number of fused-ring (bicyclic) bond motifs is 4. The van der Waals surface area contributed by atoms with E-state index in [-0.39, 0.29) is 17.7 Å². The summed E-state index contributed by atoms with van der Waals surface area (Å²) in [5.74, 6) is -1.14. The van der Waals surface area contributed by atoms with Gasteiger partial charge in [-0.1, -0.05) is 18.2 Å². The van der Waals surface area contributed by atoms with Gasteiger partial charge < -0.3 is 14.2 Å². The van der Waals surface area contributed by atoms with Crippen molar-refractivity contribution in [3.05, 3.63) is 52.4 Å². The van der Waals surface area contributed by atoms with Gasteiger partial charge in [-0.15, -0.1) is 0 Å². The minimum Gasteiger partial charge on any atom is -0.466 e. The quantitative estimate of drug-likeness (QED) is 0.580. The molecule has 6 atom stereocenters. The van der Waals surface area contributed by atoms with Crippen LogP contribution in [0.3, 0.4) is 0 Å². The molecule has 1 aliphatic heterocycles. The number of hydrogen-bond donors (Lipinski definition) is 0. The fourth-order valence-corrected chi connectivity index (χ4v) is 7.19. The summed E-state index contributed by atoms with van der Waals surface area (Å²) < 4.78 is 30.1. The van der Waals surface area contributed by atoms with Gasteiger partial charge in [0.15, 0.2) is 0 Å². The van der Waals surface area contributed by atoms with Crippen molar-refractivity contribution in [2.45, 2.75) is 30.5 Å². The van der Waals surface area contributed by atoms with E-state index >= 15 is 0 Å². The number of esters is 2. The largest absolute Gasteiger partial charge is 0.466 e. The van der Waals surface area contributed by atoms with Crippen LogP contribution < -0.4 is 0 Å². The molecule has 5 nitrogen and oxygen atoms in total. The fraction of sp³-hybridized carbons (Fsp3) is 0.478. The molecule has 0 N–H and O–H groups in total. The van der Waals surface area contributed by atoms with Crippen LogP contribution in [0.2, 0.25) is 0 Å². The van der Waals surface area contributed by atoms with E-state index in [0.717, 1.165) is 30.4 Å². The van der Waals surface area contributed by atoms with Gasteiger partial charge in [-0.25, -0.2) is 14.0 Å². The fourth-order valence-electron chi connectivity index (χ4n) is 7.19. The summed E-state index contributed by atoms with van der Waals surface area (Å²) in [4.78, 5) is 25.6. The first-order valence-corrected chi connectivity index (χ1v) is 10.1. The molecule has 4 bridgehead atoms. The first-order valence-electron chi connectivity index (χ1n) is 10.1. The van der Waals surface area contributed by atoms with E-state index < -0.39 is 23.1 Å². The van der Waals surface area contributed by atoms with Crippen LogP contribution in [0.5, 0.6) is 0 Å². The number of methoxy groups -OCH3 is 2. The summed E-state index contributed by atoms with van der Waals surface area (Å²) in [6.07, 6.45) is 5.25. The van der Waals surface area contributed by atoms with Gasteiger partial charge in [0.05, 0.1) is 25.4 Å². The van der Waals surface area contributed by atoms with E-state index in [1.807, 2.05) is 6.08 Å². The number of hydrogen-bond acceptors (Lipinski definition) is 5. The van der Waals surface area contributed by atoms with E-state index in [9.17, 15) is 14.0 Å². The Labute approximate surface area is 167 Å². The topological polar surface area (TPSA) is 65.1 Å². The number of epoxide rings is 1. The van der Waals surface area contributed by atoms with Crippen LogP contribution in [0.4, 0.5) is 4.39 Å². The zero-order valence-electron chi connectivity index (χ0n) is 16.2. The lowest BCUT2D eigenvalue weighted by Gasteiger charge is -2.29. The van der Waals surface area contributed by atoms with Crippen LogP contribution in [-0.2, 0) is 23.8 Å². The van der Waals surface area contributed by atoms with E-state index in [4.69, 9.17) is 14.2 Å². The Balaban J connectivity index is 1.57. The molecule has 0 radical (unpaired) electrons. The number of carbonyl (C=O) groups is 2. The van der Waals surface area contributed by atoms with Gasteiger partial charge in [0.2, 0.25) is 0 Å². The molecule has 0 aromatic heterocycles. The van der Waals surface area contributed by atoms with Crippen molar-refractivity contribution < 1.29 is 28.2 Å². The van der Waals surface area contributed by atoms with Crippen molar-refractivity contribution in [3.8, 4) is 0 Å². The number of ether oxygens (including phenoxy) is 3. The Morgan fingerprint density at radius 3 is 2.00 bits per heavy atom. The third kappa shape index (κ3) is 1.76. The van der Waals surface area contributed by atoms with Crippen LogP contribution in [-0.4, -0.2) is 37.4 Å². The molecule has 4 aliphatic carbocycles. The van der Waals surface area contributed by atoms with E-state index in [1.165, 1.54) is 26.4 Å². The average Bonchev–Trinajstić information content (AvgIpc) is 3.03. The van der Waals surface area contributed by atoms with Crippen LogP contribution in [0.25, 0.3) is 6.08 Å². The molecule has 0 amide bonds. The minimum atomic E-state index is -0.496. The first kappa shape index (κ1) is 17.4. The highest BCUT2D eigenvalue weighted by Crippen LogP contribution is 2.86. The predicted molar refractivity (Wildman–Crippen MR) is 99.8 cm³/mol. The summed E-state index contributed by atoms with van der Waals surface area (Å²) in [6, 6.07) is 6.25. The molecule has 1 aromatic rings. The normalized spacial score (nSPS) is 40.0. The smallest absolute Gasteiger partial charge is 0.335 e. The maximum Gasteiger partial charge on any atom is 0.335 e. The van der Waals surface area contributed by atoms with Crippen molar-refractivity contribution in [1.82, 2.24) is 0 Å². The summed E-state index contributed by atoms with van der Waals surface area (Å²) >= 11 is 0. The number of halogens is 1. The van der Waals surface area contributed by atoms with Crippen LogP contribution in [0.1, 0.15) is 24.8 Å². The summed E-state index contributed by atoms with van der Waals surface area (Å²) in [5.41, 5.74) is 1.80. The zero-order chi connectivity index (χ0) is 20.1. The highest BCUT2D eigenvalue weighted by molar-refractivity contribution is 6.06. The third-order valence-electron chi connectivity index (χ3n) is 7.96. The lowest BCUT2D eigenvalue weighted by atomic mass is 9.69. The van der Waals surface area contributed by atoms with Gasteiger partial charge in [0.25, 0.3) is 0 Å². The highest BCUT2D eigenvalue weighted by Gasteiger charge is 2.94. The van der Waals surface area contributed by atoms with Crippen molar-refractivity contribution in [2.24, 2.45) is 23.7 Å². The minimum absolute atomic E-state index is 0.302. The Morgan fingerprint density at radius 1 is 1.00 bits per heavy atom. The van der Waals surface area contributed by atoms with E-state index in [0.29, 0.717) is 23.0 Å². The Hall–Kier alpha value is -2.47. The molecule has 6 rings (SSSR count). The van der Waals surface area contributed by atoms with Crippen molar-refractivity contribution in [2.75, 3.05) is 14.2 Å². The molecule has 0 spiro atoms. The van der Waals surface area contributed by atoms with Gasteiger partial charge in [0.1, 0.15) is 17.0 Å². The predicted octanol–water partition coefficient (Wildman–Crippen LogP) is 3.05. The Kier molecular flexibility index (Phi) is 3.22. The van der Waals surface area contributed by atoms with Gasteiger partial charge in [-0.2, -0.15) is 0 Å². The molecule has 1 heterocycles. The molecule has 6 unspecified atom stereocenters. The lowest BCUT2D eigenvalue weighted by Crippen LogP contribution is -2.42. The van der Waals surface area contributed by atoms with Crippen LogP contribution in [0.15, 0.2) is 41.0 Å². The second-order valence-electron chi connectivity index (χ2n) is 8.77. The summed E-state index contributed by atoms with van der Waals surface area (Å²) in [7, 11) is 2.66. The summed E-state index contributed by atoms with van der Waals surface area (Å²) in [5, 5.41) is 0. The molecule has 150 valence electrons. The van der Waals surface area contributed by atoms with E-state index in [1.54, 1.807) is 12.1 Å². The SMILES string of the molecule is COC(=O)C1=C(C(=O)OC)C2C(=Cc3ccc(F)cc3)C1C13OC21C1CCC3C1. The first-order chi connectivity index (χ1) is 14.0. The highest BCUT2D eigenvalue weighted by atomic mass is 19.1. The standard InChI is InChI=1S/C23H21FO5/c1-27-20(25)16-17(21(26)28-2)19-15(9-11-3-7-14(24)8-4-11)18(16)22-12-5-6-13(10-12)23(19,22)29-22/h3-4,7-9,12-13,18-19H,5-6,10H2,1-2H3. The molecular weight excluding hydrogens is 375 g/mol. The molecular formula is C23H21FO5. The Bertz CT molecular complexity index is 970. The lowest BCUT2D eigenvalue weighted by molar-refractivity contribution is -0.140. The molecule has 3 saturated carbocycles. The third-order valence-corrected chi connectivity index (χ3v) is 7.96. The van der Waals surface area contributed by atoms with Gasteiger partial charge in [-0.3, -0.25) is 0 Å². The number of carbonyl (C=O) groups excluding carboxylic acids is 2. The number of benzene rings is 1. The molecule has 1 aromatic carbocycles. The van der Waals surface area contributed by atoms with Gasteiger partial charge >= 0.3 is 11.9 Å². The van der Waals surface area contributed by atoms with Crippen molar-refractivity contribution in [3.63, 3.8) is 0 Å².